The summed E-state index contributed by atoms with van der Waals surface area (Å²) in [4.78, 5) is 11.7. The first kappa shape index (κ1) is 12.1. The van der Waals surface area contributed by atoms with Gasteiger partial charge >= 0.3 is 0 Å². The lowest BCUT2D eigenvalue weighted by molar-refractivity contribution is 0.0981. The Hall–Kier alpha value is -0.970. The van der Waals surface area contributed by atoms with Gasteiger partial charge in [0.15, 0.2) is 5.78 Å². The molecule has 0 aliphatic carbocycles. The standard InChI is InChI=1S/C12H10Cl2O/c1-2-3-4-5-12(15)10-7-6-9(13)8-11(10)14/h1,6-8H,3-5H2. The first-order valence-corrected chi connectivity index (χ1v) is 5.32. The minimum absolute atomic E-state index is 0.00640. The minimum Gasteiger partial charge on any atom is -0.294 e. The van der Waals surface area contributed by atoms with E-state index in [-0.39, 0.29) is 5.78 Å². The summed E-state index contributed by atoms with van der Waals surface area (Å²) in [5.74, 6) is 2.50. The van der Waals surface area contributed by atoms with E-state index in [1.54, 1.807) is 18.2 Å². The van der Waals surface area contributed by atoms with Crippen LogP contribution in [0.5, 0.6) is 0 Å². The van der Waals surface area contributed by atoms with E-state index in [1.165, 1.54) is 0 Å². The number of carbonyl (C=O) groups is 1. The van der Waals surface area contributed by atoms with Gasteiger partial charge in [0.2, 0.25) is 0 Å². The van der Waals surface area contributed by atoms with Crippen molar-refractivity contribution in [3.05, 3.63) is 33.8 Å². The molecule has 0 aliphatic heterocycles. The van der Waals surface area contributed by atoms with Gasteiger partial charge in [-0.3, -0.25) is 4.79 Å². The lowest BCUT2D eigenvalue weighted by Gasteiger charge is -2.02. The third-order valence-electron chi connectivity index (χ3n) is 1.96. The quantitative estimate of drug-likeness (QED) is 0.442. The van der Waals surface area contributed by atoms with E-state index in [1.807, 2.05) is 0 Å². The Balaban J connectivity index is 2.70. The predicted octanol–water partition coefficient (Wildman–Crippen LogP) is 3.98. The molecule has 1 nitrogen and oxygen atoms in total. The fraction of sp³-hybridized carbons (Fsp3) is 0.250. The Kier molecular flexibility index (Phi) is 4.68. The van der Waals surface area contributed by atoms with Crippen molar-refractivity contribution in [2.24, 2.45) is 0 Å². The van der Waals surface area contributed by atoms with Gasteiger partial charge < -0.3 is 0 Å². The molecule has 0 heterocycles. The number of unbranched alkanes of at least 4 members (excludes halogenated alkanes) is 1. The summed E-state index contributed by atoms with van der Waals surface area (Å²) in [7, 11) is 0. The van der Waals surface area contributed by atoms with Gasteiger partial charge in [0.1, 0.15) is 0 Å². The first-order valence-electron chi connectivity index (χ1n) is 4.57. The molecule has 0 unspecified atom stereocenters. The first-order chi connectivity index (χ1) is 7.15. The predicted molar refractivity (Wildman–Crippen MR) is 63.5 cm³/mol. The average molecular weight is 241 g/mol. The minimum atomic E-state index is 0.00640. The summed E-state index contributed by atoms with van der Waals surface area (Å²) >= 11 is 11.6. The maximum Gasteiger partial charge on any atom is 0.164 e. The highest BCUT2D eigenvalue weighted by molar-refractivity contribution is 6.36. The molecule has 0 amide bonds. The van der Waals surface area contributed by atoms with E-state index >= 15 is 0 Å². The van der Waals surface area contributed by atoms with Gasteiger partial charge in [-0.25, -0.2) is 0 Å². The summed E-state index contributed by atoms with van der Waals surface area (Å²) < 4.78 is 0. The number of hydrogen-bond acceptors (Lipinski definition) is 1. The second kappa shape index (κ2) is 5.80. The molecule has 0 bridgehead atoms. The van der Waals surface area contributed by atoms with Crippen LogP contribution in [0, 0.1) is 12.3 Å². The molecule has 0 N–H and O–H groups in total. The topological polar surface area (TPSA) is 17.1 Å². The monoisotopic (exact) mass is 240 g/mol. The van der Waals surface area contributed by atoms with Crippen molar-refractivity contribution in [3.63, 3.8) is 0 Å². The van der Waals surface area contributed by atoms with Gasteiger partial charge in [-0.15, -0.1) is 12.3 Å². The molecule has 15 heavy (non-hydrogen) atoms. The van der Waals surface area contributed by atoms with Crippen molar-refractivity contribution < 1.29 is 4.79 Å². The van der Waals surface area contributed by atoms with Crippen molar-refractivity contribution in [1.82, 2.24) is 0 Å². The lowest BCUT2D eigenvalue weighted by atomic mass is 10.1. The van der Waals surface area contributed by atoms with E-state index in [4.69, 9.17) is 29.6 Å². The molecule has 1 aromatic carbocycles. The number of halogens is 2. The molecule has 0 radical (unpaired) electrons. The van der Waals surface area contributed by atoms with Crippen LogP contribution in [0.1, 0.15) is 29.6 Å². The van der Waals surface area contributed by atoms with Gasteiger partial charge in [-0.05, 0) is 24.6 Å². The maximum atomic E-state index is 11.7. The Morgan fingerprint density at radius 2 is 2.13 bits per heavy atom. The summed E-state index contributed by atoms with van der Waals surface area (Å²) in [6.45, 7) is 0. The van der Waals surface area contributed by atoms with Crippen molar-refractivity contribution in [2.75, 3.05) is 0 Å². The average Bonchev–Trinajstić information content (AvgIpc) is 2.17. The molecule has 1 rings (SSSR count). The molecular formula is C12H10Cl2O. The third-order valence-corrected chi connectivity index (χ3v) is 2.50. The molecule has 3 heteroatoms. The van der Waals surface area contributed by atoms with E-state index in [9.17, 15) is 4.79 Å². The summed E-state index contributed by atoms with van der Waals surface area (Å²) in [6, 6.07) is 4.86. The number of terminal acetylenes is 1. The molecule has 0 saturated carbocycles. The van der Waals surface area contributed by atoms with Gasteiger partial charge in [0.25, 0.3) is 0 Å². The molecule has 0 saturated heterocycles. The number of hydrogen-bond donors (Lipinski definition) is 0. The van der Waals surface area contributed by atoms with Gasteiger partial charge in [-0.2, -0.15) is 0 Å². The lowest BCUT2D eigenvalue weighted by Crippen LogP contribution is -1.99. The number of rotatable bonds is 4. The van der Waals surface area contributed by atoms with Crippen molar-refractivity contribution >= 4 is 29.0 Å². The van der Waals surface area contributed by atoms with Crippen LogP contribution in [0.3, 0.4) is 0 Å². The van der Waals surface area contributed by atoms with Crippen LogP contribution in [0.4, 0.5) is 0 Å². The Morgan fingerprint density at radius 3 is 2.73 bits per heavy atom. The van der Waals surface area contributed by atoms with E-state index in [0.717, 1.165) is 0 Å². The Morgan fingerprint density at radius 1 is 1.40 bits per heavy atom. The molecule has 78 valence electrons. The highest BCUT2D eigenvalue weighted by Crippen LogP contribution is 2.22. The summed E-state index contributed by atoms with van der Waals surface area (Å²) in [5, 5.41) is 0.924. The van der Waals surface area contributed by atoms with Crippen molar-refractivity contribution in [2.45, 2.75) is 19.3 Å². The van der Waals surface area contributed by atoms with E-state index in [0.29, 0.717) is 34.9 Å². The number of Topliss-reactive ketones (excluding diaryl/α,β-unsaturated/α-hetero) is 1. The number of carbonyl (C=O) groups excluding carboxylic acids is 1. The normalized spacial score (nSPS) is 9.67. The van der Waals surface area contributed by atoms with Crippen molar-refractivity contribution in [1.29, 1.82) is 0 Å². The largest absolute Gasteiger partial charge is 0.294 e. The van der Waals surface area contributed by atoms with Crippen LogP contribution in [0.15, 0.2) is 18.2 Å². The second-order valence-corrected chi connectivity index (χ2v) is 3.95. The van der Waals surface area contributed by atoms with Gasteiger partial charge in [0.05, 0.1) is 5.02 Å². The van der Waals surface area contributed by atoms with Crippen LogP contribution in [-0.2, 0) is 0 Å². The zero-order valence-corrected chi connectivity index (χ0v) is 9.61. The van der Waals surface area contributed by atoms with Crippen LogP contribution in [0.2, 0.25) is 10.0 Å². The highest BCUT2D eigenvalue weighted by atomic mass is 35.5. The highest BCUT2D eigenvalue weighted by Gasteiger charge is 2.09. The fourth-order valence-corrected chi connectivity index (χ4v) is 1.72. The second-order valence-electron chi connectivity index (χ2n) is 3.11. The molecule has 1 aromatic rings. The molecule has 0 spiro atoms. The van der Waals surface area contributed by atoms with Crippen LogP contribution < -0.4 is 0 Å². The van der Waals surface area contributed by atoms with E-state index < -0.39 is 0 Å². The SMILES string of the molecule is C#CCCCC(=O)c1ccc(Cl)cc1Cl. The Bertz CT molecular complexity index is 405. The molecule has 0 fully saturated rings. The molecular weight excluding hydrogens is 231 g/mol. The van der Waals surface area contributed by atoms with Gasteiger partial charge in [-0.1, -0.05) is 23.2 Å². The summed E-state index contributed by atoms with van der Waals surface area (Å²) in [6.07, 6.45) is 6.82. The summed E-state index contributed by atoms with van der Waals surface area (Å²) in [5.41, 5.74) is 0.512. The maximum absolute atomic E-state index is 11.7. The number of benzene rings is 1. The zero-order chi connectivity index (χ0) is 11.3. The van der Waals surface area contributed by atoms with Crippen LogP contribution >= 0.6 is 23.2 Å². The third kappa shape index (κ3) is 3.58. The Labute approximate surface area is 99.4 Å². The fourth-order valence-electron chi connectivity index (χ4n) is 1.20. The van der Waals surface area contributed by atoms with Crippen LogP contribution in [-0.4, -0.2) is 5.78 Å². The zero-order valence-electron chi connectivity index (χ0n) is 8.09. The number of ketones is 1. The molecule has 0 atom stereocenters. The van der Waals surface area contributed by atoms with Crippen LogP contribution in [0.25, 0.3) is 0 Å². The van der Waals surface area contributed by atoms with Crippen molar-refractivity contribution in [3.8, 4) is 12.3 Å². The smallest absolute Gasteiger partial charge is 0.164 e. The molecule has 0 aliphatic rings. The van der Waals surface area contributed by atoms with Gasteiger partial charge in [0, 0.05) is 23.4 Å². The molecule has 0 aromatic heterocycles. The van der Waals surface area contributed by atoms with E-state index in [2.05, 4.69) is 5.92 Å².